The van der Waals surface area contributed by atoms with Crippen molar-refractivity contribution in [3.63, 3.8) is 0 Å². The molecule has 1 aromatic carbocycles. The number of halogens is 1. The number of carbonyl (C=O) groups is 2. The van der Waals surface area contributed by atoms with Gasteiger partial charge in [0.15, 0.2) is 0 Å². The standard InChI is InChI=1S/C21H25ClN4O2/c1-15-12-17(16(2)26(15)19-9-7-18(22)8-10-19)13-23-24-20(27)14-25-11-5-3-4-6-21(25)28/h7-10,12-13H,3-6,11,14H2,1-2H3,(H,24,27)/b23-13-. The number of benzene rings is 1. The molecule has 0 bridgehead atoms. The summed E-state index contributed by atoms with van der Waals surface area (Å²) in [4.78, 5) is 25.7. The maximum atomic E-state index is 12.1. The molecule has 0 atom stereocenters. The molecule has 0 saturated carbocycles. The molecule has 148 valence electrons. The zero-order valence-corrected chi connectivity index (χ0v) is 17.0. The molecule has 2 amide bonds. The van der Waals surface area contributed by atoms with Crippen LogP contribution in [0.15, 0.2) is 35.4 Å². The minimum Gasteiger partial charge on any atom is -0.333 e. The quantitative estimate of drug-likeness (QED) is 0.615. The zero-order chi connectivity index (χ0) is 20.1. The fourth-order valence-corrected chi connectivity index (χ4v) is 3.62. The lowest BCUT2D eigenvalue weighted by Crippen LogP contribution is -2.39. The maximum Gasteiger partial charge on any atom is 0.259 e. The Hall–Kier alpha value is -2.60. The van der Waals surface area contributed by atoms with Gasteiger partial charge in [-0.15, -0.1) is 0 Å². The SMILES string of the molecule is Cc1cc(/C=N\NC(=O)CN2CCCCCC2=O)c(C)n1-c1ccc(Cl)cc1. The van der Waals surface area contributed by atoms with E-state index in [0.717, 1.165) is 41.9 Å². The van der Waals surface area contributed by atoms with E-state index in [1.807, 2.05) is 44.2 Å². The monoisotopic (exact) mass is 400 g/mol. The summed E-state index contributed by atoms with van der Waals surface area (Å²) in [7, 11) is 0. The van der Waals surface area contributed by atoms with Gasteiger partial charge >= 0.3 is 0 Å². The lowest BCUT2D eigenvalue weighted by atomic mass is 10.2. The lowest BCUT2D eigenvalue weighted by molar-refractivity contribution is -0.135. The number of aryl methyl sites for hydroxylation is 1. The summed E-state index contributed by atoms with van der Waals surface area (Å²) in [5, 5.41) is 4.77. The summed E-state index contributed by atoms with van der Waals surface area (Å²) in [6.07, 6.45) is 5.03. The molecular weight excluding hydrogens is 376 g/mol. The molecule has 2 heterocycles. The van der Waals surface area contributed by atoms with Crippen LogP contribution in [0.5, 0.6) is 0 Å². The number of amides is 2. The van der Waals surface area contributed by atoms with Gasteiger partial charge in [0.1, 0.15) is 6.54 Å². The highest BCUT2D eigenvalue weighted by molar-refractivity contribution is 6.30. The van der Waals surface area contributed by atoms with Gasteiger partial charge in [-0.25, -0.2) is 5.43 Å². The van der Waals surface area contributed by atoms with Crippen LogP contribution in [-0.4, -0.2) is 40.6 Å². The summed E-state index contributed by atoms with van der Waals surface area (Å²) in [5.74, 6) is -0.235. The normalized spacial score (nSPS) is 15.1. The molecule has 0 aliphatic carbocycles. The van der Waals surface area contributed by atoms with Crippen LogP contribution in [0.25, 0.3) is 5.69 Å². The predicted octanol–water partition coefficient (Wildman–Crippen LogP) is 3.60. The first kappa shape index (κ1) is 20.1. The van der Waals surface area contributed by atoms with Gasteiger partial charge in [-0.3, -0.25) is 9.59 Å². The van der Waals surface area contributed by atoms with Gasteiger partial charge in [-0.1, -0.05) is 18.0 Å². The third kappa shape index (κ3) is 4.81. The van der Waals surface area contributed by atoms with Gasteiger partial charge in [0.25, 0.3) is 5.91 Å². The fourth-order valence-electron chi connectivity index (χ4n) is 3.49. The van der Waals surface area contributed by atoms with Crippen molar-refractivity contribution in [2.75, 3.05) is 13.1 Å². The summed E-state index contributed by atoms with van der Waals surface area (Å²) >= 11 is 5.97. The van der Waals surface area contributed by atoms with E-state index in [1.54, 1.807) is 11.1 Å². The number of rotatable bonds is 5. The summed E-state index contributed by atoms with van der Waals surface area (Å²) in [6.45, 7) is 4.71. The van der Waals surface area contributed by atoms with Gasteiger partial charge in [-0.2, -0.15) is 5.10 Å². The van der Waals surface area contributed by atoms with Crippen LogP contribution in [0.4, 0.5) is 0 Å². The highest BCUT2D eigenvalue weighted by atomic mass is 35.5. The first-order valence-corrected chi connectivity index (χ1v) is 9.88. The smallest absolute Gasteiger partial charge is 0.259 e. The molecule has 6 nitrogen and oxygen atoms in total. The minimum absolute atomic E-state index is 0.0446. The van der Waals surface area contributed by atoms with Gasteiger partial charge in [0.05, 0.1) is 6.21 Å². The van der Waals surface area contributed by atoms with Gasteiger partial charge in [0, 0.05) is 40.6 Å². The van der Waals surface area contributed by atoms with E-state index >= 15 is 0 Å². The highest BCUT2D eigenvalue weighted by Gasteiger charge is 2.19. The van der Waals surface area contributed by atoms with Gasteiger partial charge < -0.3 is 9.47 Å². The minimum atomic E-state index is -0.280. The number of likely N-dealkylation sites (tertiary alicyclic amines) is 1. The van der Waals surface area contributed by atoms with E-state index in [9.17, 15) is 9.59 Å². The van der Waals surface area contributed by atoms with Crippen molar-refractivity contribution in [1.82, 2.24) is 14.9 Å². The number of hydrazone groups is 1. The molecular formula is C21H25ClN4O2. The number of nitrogens with zero attached hydrogens (tertiary/aromatic N) is 3. The largest absolute Gasteiger partial charge is 0.333 e. The van der Waals surface area contributed by atoms with Crippen molar-refractivity contribution in [2.24, 2.45) is 5.10 Å². The molecule has 0 unspecified atom stereocenters. The van der Waals surface area contributed by atoms with Crippen LogP contribution >= 0.6 is 11.6 Å². The average Bonchev–Trinajstić information content (AvgIpc) is 2.80. The summed E-state index contributed by atoms with van der Waals surface area (Å²) in [5.41, 5.74) is 6.54. The van der Waals surface area contributed by atoms with Crippen molar-refractivity contribution in [1.29, 1.82) is 0 Å². The van der Waals surface area contributed by atoms with Crippen molar-refractivity contribution in [3.8, 4) is 5.69 Å². The Kier molecular flexibility index (Phi) is 6.52. The van der Waals surface area contributed by atoms with Gasteiger partial charge in [-0.05, 0) is 57.0 Å². The van der Waals surface area contributed by atoms with Crippen LogP contribution in [0.1, 0.15) is 42.6 Å². The van der Waals surface area contributed by atoms with Crippen molar-refractivity contribution in [2.45, 2.75) is 39.5 Å². The molecule has 28 heavy (non-hydrogen) atoms. The van der Waals surface area contributed by atoms with Crippen molar-refractivity contribution in [3.05, 3.63) is 52.3 Å². The Morgan fingerprint density at radius 2 is 1.96 bits per heavy atom. The number of aromatic nitrogens is 1. The number of hydrogen-bond donors (Lipinski definition) is 1. The molecule has 1 fully saturated rings. The number of hydrogen-bond acceptors (Lipinski definition) is 3. The Balaban J connectivity index is 1.64. The maximum absolute atomic E-state index is 12.1. The molecule has 1 aliphatic rings. The van der Waals surface area contributed by atoms with E-state index < -0.39 is 0 Å². The lowest BCUT2D eigenvalue weighted by Gasteiger charge is -2.18. The van der Waals surface area contributed by atoms with E-state index in [0.29, 0.717) is 18.0 Å². The van der Waals surface area contributed by atoms with Crippen LogP contribution in [0.3, 0.4) is 0 Å². The molecule has 2 aromatic rings. The van der Waals surface area contributed by atoms with Crippen LogP contribution in [-0.2, 0) is 9.59 Å². The third-order valence-electron chi connectivity index (χ3n) is 4.95. The Morgan fingerprint density at radius 3 is 2.71 bits per heavy atom. The second-order valence-electron chi connectivity index (χ2n) is 7.06. The Labute approximate surface area is 170 Å². The van der Waals surface area contributed by atoms with E-state index in [2.05, 4.69) is 15.1 Å². The molecule has 0 radical (unpaired) electrons. The summed E-state index contributed by atoms with van der Waals surface area (Å²) in [6, 6.07) is 9.64. The van der Waals surface area contributed by atoms with Crippen molar-refractivity contribution < 1.29 is 9.59 Å². The number of nitrogens with one attached hydrogen (secondary N) is 1. The molecule has 1 aliphatic heterocycles. The van der Waals surface area contributed by atoms with Crippen LogP contribution in [0, 0.1) is 13.8 Å². The summed E-state index contributed by atoms with van der Waals surface area (Å²) < 4.78 is 2.11. The Bertz CT molecular complexity index is 887. The third-order valence-corrected chi connectivity index (χ3v) is 5.21. The van der Waals surface area contributed by atoms with E-state index in [1.165, 1.54) is 0 Å². The van der Waals surface area contributed by atoms with Gasteiger partial charge in [0.2, 0.25) is 5.91 Å². The number of carbonyl (C=O) groups excluding carboxylic acids is 2. The zero-order valence-electron chi connectivity index (χ0n) is 16.2. The molecule has 3 rings (SSSR count). The molecule has 1 saturated heterocycles. The first-order valence-electron chi connectivity index (χ1n) is 9.50. The topological polar surface area (TPSA) is 66.7 Å². The molecule has 1 N–H and O–H groups in total. The fraction of sp³-hybridized carbons (Fsp3) is 0.381. The Morgan fingerprint density at radius 1 is 1.21 bits per heavy atom. The first-order chi connectivity index (χ1) is 13.5. The average molecular weight is 401 g/mol. The second-order valence-corrected chi connectivity index (χ2v) is 7.49. The molecule has 1 aromatic heterocycles. The van der Waals surface area contributed by atoms with Crippen LogP contribution in [0.2, 0.25) is 5.02 Å². The highest BCUT2D eigenvalue weighted by Crippen LogP contribution is 2.21. The molecule has 7 heteroatoms. The predicted molar refractivity (Wildman–Crippen MR) is 111 cm³/mol. The molecule has 0 spiro atoms. The van der Waals surface area contributed by atoms with Crippen LogP contribution < -0.4 is 5.43 Å². The van der Waals surface area contributed by atoms with E-state index in [-0.39, 0.29) is 18.4 Å². The van der Waals surface area contributed by atoms with E-state index in [4.69, 9.17) is 11.6 Å². The second kappa shape index (κ2) is 9.06. The van der Waals surface area contributed by atoms with Crippen molar-refractivity contribution >= 4 is 29.6 Å².